The van der Waals surface area contributed by atoms with E-state index in [1.807, 2.05) is 0 Å². The van der Waals surface area contributed by atoms with Gasteiger partial charge in [0.1, 0.15) is 33.5 Å². The monoisotopic (exact) mass is 336 g/mol. The van der Waals surface area contributed by atoms with Crippen molar-refractivity contribution in [3.05, 3.63) is 32.4 Å². The van der Waals surface area contributed by atoms with Crippen molar-refractivity contribution in [2.24, 2.45) is 14.1 Å². The molecular weight excluding hydrogens is 324 g/mol. The summed E-state index contributed by atoms with van der Waals surface area (Å²) < 4.78 is 2.41. The van der Waals surface area contributed by atoms with Gasteiger partial charge in [-0.25, -0.2) is 9.97 Å². The number of aryl methyl sites for hydroxylation is 1. The van der Waals surface area contributed by atoms with Gasteiger partial charge in [-0.2, -0.15) is 0 Å². The number of aromatic hydroxyl groups is 2. The SMILES string of the molecule is Cc1nc2c(O)c3c(=O)n(C)c(CCl)nc3c(O)c2c(=O)n1C. The fourth-order valence-corrected chi connectivity index (χ4v) is 2.72. The van der Waals surface area contributed by atoms with E-state index in [4.69, 9.17) is 11.6 Å². The van der Waals surface area contributed by atoms with Crippen molar-refractivity contribution in [2.45, 2.75) is 12.8 Å². The lowest BCUT2D eigenvalue weighted by Gasteiger charge is -2.12. The molecule has 0 spiro atoms. The van der Waals surface area contributed by atoms with Crippen LogP contribution in [-0.2, 0) is 20.0 Å². The molecule has 2 heterocycles. The zero-order valence-electron chi connectivity index (χ0n) is 12.6. The van der Waals surface area contributed by atoms with Crippen LogP contribution in [0.1, 0.15) is 11.6 Å². The van der Waals surface area contributed by atoms with Crippen LogP contribution in [0.4, 0.5) is 0 Å². The third-order valence-electron chi connectivity index (χ3n) is 3.94. The number of fused-ring (bicyclic) bond motifs is 2. The second-order valence-corrected chi connectivity index (χ2v) is 5.46. The number of alkyl halides is 1. The van der Waals surface area contributed by atoms with Gasteiger partial charge in [-0.05, 0) is 6.92 Å². The Kier molecular flexibility index (Phi) is 3.29. The van der Waals surface area contributed by atoms with Crippen LogP contribution in [0.15, 0.2) is 9.59 Å². The Morgan fingerprint density at radius 1 is 0.957 bits per heavy atom. The van der Waals surface area contributed by atoms with Gasteiger partial charge in [-0.15, -0.1) is 11.6 Å². The second kappa shape index (κ2) is 4.95. The highest BCUT2D eigenvalue weighted by molar-refractivity contribution is 6.17. The Balaban J connectivity index is 2.73. The largest absolute Gasteiger partial charge is 0.505 e. The Morgan fingerprint density at radius 2 is 1.43 bits per heavy atom. The normalized spacial score (nSPS) is 11.5. The van der Waals surface area contributed by atoms with Gasteiger partial charge < -0.3 is 10.2 Å². The van der Waals surface area contributed by atoms with E-state index in [9.17, 15) is 19.8 Å². The standard InChI is InChI=1S/C14H13ClN4O4/c1-5-16-9-7(13(22)18(5)2)12(21)10-8(11(9)20)14(23)19(3)6(4-15)17-10/h20-21H,4H2,1-3H3. The Labute approximate surface area is 134 Å². The second-order valence-electron chi connectivity index (χ2n) is 5.19. The van der Waals surface area contributed by atoms with E-state index in [1.165, 1.54) is 23.2 Å². The molecule has 3 rings (SSSR count). The maximum absolute atomic E-state index is 12.4. The molecule has 120 valence electrons. The summed E-state index contributed by atoms with van der Waals surface area (Å²) in [6, 6.07) is 0. The lowest BCUT2D eigenvalue weighted by Crippen LogP contribution is -2.24. The molecule has 2 aromatic heterocycles. The molecule has 0 unspecified atom stereocenters. The van der Waals surface area contributed by atoms with Gasteiger partial charge in [-0.3, -0.25) is 18.7 Å². The molecular formula is C14H13ClN4O4. The predicted octanol–water partition coefficient (Wildman–Crippen LogP) is 0.639. The molecule has 0 bridgehead atoms. The Bertz CT molecular complexity index is 1100. The molecule has 23 heavy (non-hydrogen) atoms. The van der Waals surface area contributed by atoms with Crippen LogP contribution in [0, 0.1) is 6.92 Å². The number of phenols is 2. The van der Waals surface area contributed by atoms with Crippen molar-refractivity contribution in [1.82, 2.24) is 19.1 Å². The van der Waals surface area contributed by atoms with Crippen LogP contribution in [0.25, 0.3) is 21.8 Å². The molecule has 0 aliphatic rings. The van der Waals surface area contributed by atoms with Crippen molar-refractivity contribution >= 4 is 33.4 Å². The van der Waals surface area contributed by atoms with Gasteiger partial charge in [-0.1, -0.05) is 0 Å². The van der Waals surface area contributed by atoms with E-state index in [0.717, 1.165) is 0 Å². The Hall–Kier alpha value is -2.61. The molecule has 0 atom stereocenters. The number of hydrogen-bond acceptors (Lipinski definition) is 6. The number of nitrogens with zero attached hydrogens (tertiary/aromatic N) is 4. The first-order valence-corrected chi connectivity index (χ1v) is 7.19. The number of benzene rings is 1. The van der Waals surface area contributed by atoms with Gasteiger partial charge in [0.2, 0.25) is 0 Å². The smallest absolute Gasteiger partial charge is 0.265 e. The van der Waals surface area contributed by atoms with E-state index in [-0.39, 0.29) is 33.5 Å². The number of aromatic nitrogens is 4. The molecule has 0 saturated heterocycles. The first kappa shape index (κ1) is 15.3. The van der Waals surface area contributed by atoms with Gasteiger partial charge in [0.05, 0.1) is 5.88 Å². The molecule has 0 fully saturated rings. The van der Waals surface area contributed by atoms with Crippen LogP contribution < -0.4 is 11.1 Å². The van der Waals surface area contributed by atoms with Crippen LogP contribution in [0.5, 0.6) is 11.5 Å². The number of halogens is 1. The lowest BCUT2D eigenvalue weighted by molar-refractivity contribution is 0.474. The lowest BCUT2D eigenvalue weighted by atomic mass is 10.1. The fraction of sp³-hybridized carbons (Fsp3) is 0.286. The molecule has 0 aliphatic carbocycles. The zero-order valence-corrected chi connectivity index (χ0v) is 13.3. The fourth-order valence-electron chi connectivity index (χ4n) is 2.48. The highest BCUT2D eigenvalue weighted by Crippen LogP contribution is 2.36. The Morgan fingerprint density at radius 3 is 1.96 bits per heavy atom. The van der Waals surface area contributed by atoms with Crippen LogP contribution >= 0.6 is 11.6 Å². The number of hydrogen-bond donors (Lipinski definition) is 2. The summed E-state index contributed by atoms with van der Waals surface area (Å²) in [4.78, 5) is 33.0. The third-order valence-corrected chi connectivity index (χ3v) is 4.18. The van der Waals surface area contributed by atoms with Crippen molar-refractivity contribution < 1.29 is 10.2 Å². The molecule has 0 radical (unpaired) electrons. The maximum atomic E-state index is 12.4. The van der Waals surface area contributed by atoms with Gasteiger partial charge >= 0.3 is 0 Å². The van der Waals surface area contributed by atoms with E-state index in [2.05, 4.69) is 9.97 Å². The van der Waals surface area contributed by atoms with Crippen molar-refractivity contribution in [1.29, 1.82) is 0 Å². The van der Waals surface area contributed by atoms with Crippen LogP contribution in [-0.4, -0.2) is 29.3 Å². The predicted molar refractivity (Wildman–Crippen MR) is 85.1 cm³/mol. The molecule has 3 aromatic rings. The minimum Gasteiger partial charge on any atom is -0.505 e. The van der Waals surface area contributed by atoms with Crippen molar-refractivity contribution in [2.75, 3.05) is 0 Å². The highest BCUT2D eigenvalue weighted by atomic mass is 35.5. The quantitative estimate of drug-likeness (QED) is 0.383. The summed E-state index contributed by atoms with van der Waals surface area (Å²) in [5.41, 5.74) is -1.43. The average Bonchev–Trinajstić information content (AvgIpc) is 2.52. The van der Waals surface area contributed by atoms with E-state index in [0.29, 0.717) is 5.82 Å². The number of rotatable bonds is 1. The molecule has 2 N–H and O–H groups in total. The maximum Gasteiger partial charge on any atom is 0.265 e. The van der Waals surface area contributed by atoms with Crippen molar-refractivity contribution in [3.63, 3.8) is 0 Å². The summed E-state index contributed by atoms with van der Waals surface area (Å²) in [7, 11) is 2.95. The molecule has 0 saturated carbocycles. The summed E-state index contributed by atoms with van der Waals surface area (Å²) in [6.45, 7) is 1.58. The van der Waals surface area contributed by atoms with Gasteiger partial charge in [0.25, 0.3) is 11.1 Å². The first-order chi connectivity index (χ1) is 10.8. The molecule has 0 aliphatic heterocycles. The molecule has 1 aromatic carbocycles. The minimum absolute atomic E-state index is 0.0654. The number of phenolic OH excluding ortho intramolecular Hbond substituents is 2. The summed E-state index contributed by atoms with van der Waals surface area (Å²) in [5.74, 6) is -0.508. The summed E-state index contributed by atoms with van der Waals surface area (Å²) in [5, 5.41) is 20.5. The molecule has 0 amide bonds. The minimum atomic E-state index is -0.583. The highest BCUT2D eigenvalue weighted by Gasteiger charge is 2.23. The van der Waals surface area contributed by atoms with Crippen molar-refractivity contribution in [3.8, 4) is 11.5 Å². The van der Waals surface area contributed by atoms with Gasteiger partial charge in [0.15, 0.2) is 11.5 Å². The summed E-state index contributed by atoms with van der Waals surface area (Å²) in [6.07, 6.45) is 0. The molecule has 9 heteroatoms. The summed E-state index contributed by atoms with van der Waals surface area (Å²) >= 11 is 5.75. The molecule has 8 nitrogen and oxygen atoms in total. The third kappa shape index (κ3) is 1.91. The van der Waals surface area contributed by atoms with E-state index in [1.54, 1.807) is 6.92 Å². The topological polar surface area (TPSA) is 110 Å². The van der Waals surface area contributed by atoms with Crippen LogP contribution in [0.2, 0.25) is 0 Å². The first-order valence-electron chi connectivity index (χ1n) is 6.66. The van der Waals surface area contributed by atoms with E-state index >= 15 is 0 Å². The van der Waals surface area contributed by atoms with Gasteiger partial charge in [0, 0.05) is 14.1 Å². The average molecular weight is 337 g/mol. The zero-order chi connectivity index (χ0) is 17.0. The van der Waals surface area contributed by atoms with Crippen LogP contribution in [0.3, 0.4) is 0 Å². The van der Waals surface area contributed by atoms with E-state index < -0.39 is 22.6 Å².